The lowest BCUT2D eigenvalue weighted by molar-refractivity contribution is -0.385. The molecule has 31 heavy (non-hydrogen) atoms. The highest BCUT2D eigenvalue weighted by Gasteiger charge is 2.13. The van der Waals surface area contributed by atoms with Crippen LogP contribution in [0.3, 0.4) is 0 Å². The first-order valence-electron chi connectivity index (χ1n) is 10.00. The van der Waals surface area contributed by atoms with Crippen molar-refractivity contribution in [3.63, 3.8) is 0 Å². The fraction of sp³-hybridized carbons (Fsp3) is 0.304. The molecule has 3 rings (SSSR count). The lowest BCUT2D eigenvalue weighted by Gasteiger charge is -2.19. The summed E-state index contributed by atoms with van der Waals surface area (Å²) in [6.07, 6.45) is 2.51. The van der Waals surface area contributed by atoms with Gasteiger partial charge in [0, 0.05) is 12.1 Å². The molecule has 8 nitrogen and oxygen atoms in total. The molecule has 1 amide bonds. The molecule has 0 atom stereocenters. The molecule has 162 valence electrons. The van der Waals surface area contributed by atoms with Crippen molar-refractivity contribution in [2.45, 2.75) is 39.3 Å². The Kier molecular flexibility index (Phi) is 6.69. The number of amides is 1. The third kappa shape index (κ3) is 6.15. The standard InChI is InChI=1S/C23H26N4O4/c1-23(2,3)19-7-9-21(10-8-19)31-16-17-5-4-6-18(13-17)22(28)24-11-12-26-15-20(14-25-26)27(29)30/h4-10,13-15H,11-12,16H2,1-3H3,(H,24,28). The Morgan fingerprint density at radius 3 is 2.58 bits per heavy atom. The number of aromatic nitrogens is 2. The number of hydrogen-bond acceptors (Lipinski definition) is 5. The maximum Gasteiger partial charge on any atom is 0.306 e. The Balaban J connectivity index is 1.51. The molecular weight excluding hydrogens is 396 g/mol. The summed E-state index contributed by atoms with van der Waals surface area (Å²) in [5.74, 6) is 0.550. The van der Waals surface area contributed by atoms with Crippen LogP contribution in [0.25, 0.3) is 0 Å². The molecule has 0 bridgehead atoms. The molecule has 0 aliphatic rings. The van der Waals surface area contributed by atoms with Gasteiger partial charge in [-0.2, -0.15) is 5.10 Å². The predicted molar refractivity (Wildman–Crippen MR) is 117 cm³/mol. The van der Waals surface area contributed by atoms with Gasteiger partial charge in [0.15, 0.2) is 0 Å². The molecule has 1 heterocycles. The van der Waals surface area contributed by atoms with E-state index in [1.807, 2.05) is 24.3 Å². The van der Waals surface area contributed by atoms with E-state index in [0.29, 0.717) is 25.3 Å². The number of carbonyl (C=O) groups is 1. The Labute approximate surface area is 181 Å². The normalized spacial score (nSPS) is 11.2. The zero-order valence-corrected chi connectivity index (χ0v) is 17.9. The number of nitro groups is 1. The highest BCUT2D eigenvalue weighted by atomic mass is 16.6. The van der Waals surface area contributed by atoms with E-state index in [9.17, 15) is 14.9 Å². The summed E-state index contributed by atoms with van der Waals surface area (Å²) in [6.45, 7) is 7.49. The number of rotatable bonds is 8. The summed E-state index contributed by atoms with van der Waals surface area (Å²) in [7, 11) is 0. The molecular formula is C23H26N4O4. The van der Waals surface area contributed by atoms with Crippen molar-refractivity contribution in [3.8, 4) is 5.75 Å². The first-order valence-corrected chi connectivity index (χ1v) is 10.00. The second kappa shape index (κ2) is 9.42. The van der Waals surface area contributed by atoms with Crippen LogP contribution in [-0.2, 0) is 18.6 Å². The fourth-order valence-corrected chi connectivity index (χ4v) is 2.98. The molecule has 2 aromatic carbocycles. The van der Waals surface area contributed by atoms with Crippen LogP contribution >= 0.6 is 0 Å². The number of nitrogens with one attached hydrogen (secondary N) is 1. The molecule has 0 saturated heterocycles. The van der Waals surface area contributed by atoms with E-state index >= 15 is 0 Å². The minimum Gasteiger partial charge on any atom is -0.489 e. The minimum atomic E-state index is -0.505. The Morgan fingerprint density at radius 2 is 1.94 bits per heavy atom. The summed E-state index contributed by atoms with van der Waals surface area (Å²) in [5.41, 5.74) is 2.66. The quantitative estimate of drug-likeness (QED) is 0.435. The van der Waals surface area contributed by atoms with Gasteiger partial charge in [-0.05, 0) is 40.8 Å². The van der Waals surface area contributed by atoms with Crippen molar-refractivity contribution in [1.29, 1.82) is 0 Å². The number of carbonyl (C=O) groups excluding carboxylic acids is 1. The van der Waals surface area contributed by atoms with Crippen LogP contribution in [-0.4, -0.2) is 27.2 Å². The topological polar surface area (TPSA) is 99.3 Å². The SMILES string of the molecule is CC(C)(C)c1ccc(OCc2cccc(C(=O)NCCn3cc([N+](=O)[O-])cn3)c2)cc1. The zero-order chi connectivity index (χ0) is 22.4. The number of nitrogens with zero attached hydrogens (tertiary/aromatic N) is 3. The van der Waals surface area contributed by atoms with Gasteiger partial charge in [-0.25, -0.2) is 0 Å². The summed E-state index contributed by atoms with van der Waals surface area (Å²) < 4.78 is 7.28. The third-order valence-electron chi connectivity index (χ3n) is 4.77. The van der Waals surface area contributed by atoms with Gasteiger partial charge >= 0.3 is 5.69 Å². The Morgan fingerprint density at radius 1 is 1.19 bits per heavy atom. The molecule has 3 aromatic rings. The first kappa shape index (κ1) is 22.0. The lowest BCUT2D eigenvalue weighted by Crippen LogP contribution is -2.27. The van der Waals surface area contributed by atoms with E-state index in [-0.39, 0.29) is 17.0 Å². The largest absolute Gasteiger partial charge is 0.489 e. The summed E-state index contributed by atoms with van der Waals surface area (Å²) >= 11 is 0. The fourth-order valence-electron chi connectivity index (χ4n) is 2.98. The van der Waals surface area contributed by atoms with Crippen LogP contribution in [0.1, 0.15) is 42.3 Å². The van der Waals surface area contributed by atoms with Crippen LogP contribution in [0.5, 0.6) is 5.75 Å². The maximum absolute atomic E-state index is 12.4. The summed E-state index contributed by atoms with van der Waals surface area (Å²) in [5, 5.41) is 17.4. The van der Waals surface area contributed by atoms with Crippen LogP contribution in [0.2, 0.25) is 0 Å². The average molecular weight is 422 g/mol. The molecule has 0 radical (unpaired) electrons. The summed E-state index contributed by atoms with van der Waals surface area (Å²) in [4.78, 5) is 22.6. The predicted octanol–water partition coefficient (Wildman–Crippen LogP) is 4.10. The number of ether oxygens (including phenoxy) is 1. The minimum absolute atomic E-state index is 0.0768. The second-order valence-electron chi connectivity index (χ2n) is 8.24. The van der Waals surface area contributed by atoms with Crippen molar-refractivity contribution in [1.82, 2.24) is 15.1 Å². The van der Waals surface area contributed by atoms with E-state index < -0.39 is 4.92 Å². The smallest absolute Gasteiger partial charge is 0.306 e. The van der Waals surface area contributed by atoms with E-state index in [1.165, 1.54) is 22.6 Å². The van der Waals surface area contributed by atoms with Crippen molar-refractivity contribution < 1.29 is 14.5 Å². The molecule has 0 saturated carbocycles. The molecule has 0 fully saturated rings. The average Bonchev–Trinajstić information content (AvgIpc) is 3.21. The van der Waals surface area contributed by atoms with Crippen molar-refractivity contribution >= 4 is 11.6 Å². The highest BCUT2D eigenvalue weighted by molar-refractivity contribution is 5.94. The van der Waals surface area contributed by atoms with Crippen LogP contribution in [0, 0.1) is 10.1 Å². The van der Waals surface area contributed by atoms with E-state index in [1.54, 1.807) is 12.1 Å². The van der Waals surface area contributed by atoms with Crippen molar-refractivity contribution in [2.24, 2.45) is 0 Å². The molecule has 0 aliphatic carbocycles. The van der Waals surface area contributed by atoms with Gasteiger partial charge in [-0.3, -0.25) is 19.6 Å². The molecule has 1 N–H and O–H groups in total. The Bertz CT molecular complexity index is 1050. The van der Waals surface area contributed by atoms with Gasteiger partial charge in [0.2, 0.25) is 0 Å². The van der Waals surface area contributed by atoms with Gasteiger partial charge < -0.3 is 10.1 Å². The van der Waals surface area contributed by atoms with Crippen LogP contribution in [0.15, 0.2) is 60.9 Å². The van der Waals surface area contributed by atoms with Gasteiger partial charge in [0.25, 0.3) is 5.91 Å². The monoisotopic (exact) mass is 422 g/mol. The van der Waals surface area contributed by atoms with Gasteiger partial charge in [0.05, 0.1) is 11.5 Å². The number of benzene rings is 2. The van der Waals surface area contributed by atoms with E-state index in [2.05, 4.69) is 43.3 Å². The van der Waals surface area contributed by atoms with Crippen LogP contribution in [0.4, 0.5) is 5.69 Å². The van der Waals surface area contributed by atoms with Gasteiger partial charge in [-0.15, -0.1) is 0 Å². The molecule has 0 aliphatic heterocycles. The zero-order valence-electron chi connectivity index (χ0n) is 17.9. The molecule has 1 aromatic heterocycles. The molecule has 0 unspecified atom stereocenters. The maximum atomic E-state index is 12.4. The van der Waals surface area contributed by atoms with Crippen molar-refractivity contribution in [2.75, 3.05) is 6.54 Å². The van der Waals surface area contributed by atoms with Crippen LogP contribution < -0.4 is 10.1 Å². The van der Waals surface area contributed by atoms with E-state index in [0.717, 1.165) is 11.3 Å². The van der Waals surface area contributed by atoms with Crippen molar-refractivity contribution in [3.05, 3.63) is 87.7 Å². The lowest BCUT2D eigenvalue weighted by atomic mass is 9.87. The van der Waals surface area contributed by atoms with Gasteiger partial charge in [0.1, 0.15) is 24.8 Å². The highest BCUT2D eigenvalue weighted by Crippen LogP contribution is 2.24. The molecule has 8 heteroatoms. The summed E-state index contributed by atoms with van der Waals surface area (Å²) in [6, 6.07) is 15.3. The third-order valence-corrected chi connectivity index (χ3v) is 4.77. The molecule has 0 spiro atoms. The number of hydrogen-bond donors (Lipinski definition) is 1. The van der Waals surface area contributed by atoms with Gasteiger partial charge in [-0.1, -0.05) is 45.0 Å². The van der Waals surface area contributed by atoms with E-state index in [4.69, 9.17) is 4.74 Å². The Hall–Kier alpha value is -3.68. The first-order chi connectivity index (χ1) is 14.7. The second-order valence-corrected chi connectivity index (χ2v) is 8.24.